The number of nitrogens with two attached hydrogens (primary N) is 1. The minimum atomic E-state index is -0.399. The molecule has 1 aliphatic rings. The van der Waals surface area contributed by atoms with Crippen molar-refractivity contribution in [2.45, 2.75) is 25.0 Å². The monoisotopic (exact) mass is 299 g/mol. The van der Waals surface area contributed by atoms with E-state index in [0.29, 0.717) is 12.2 Å². The average molecular weight is 300 g/mol. The van der Waals surface area contributed by atoms with Gasteiger partial charge < -0.3 is 15.8 Å². The van der Waals surface area contributed by atoms with Gasteiger partial charge in [-0.25, -0.2) is 0 Å². The molecule has 2 unspecified atom stereocenters. The average Bonchev–Trinajstić information content (AvgIpc) is 2.81. The molecule has 2 rings (SSSR count). The highest BCUT2D eigenvalue weighted by molar-refractivity contribution is 9.10. The van der Waals surface area contributed by atoms with E-state index < -0.39 is 6.10 Å². The van der Waals surface area contributed by atoms with Crippen LogP contribution in [-0.2, 0) is 9.53 Å². The number of aromatic nitrogens is 1. The summed E-state index contributed by atoms with van der Waals surface area (Å²) in [6.07, 6.45) is 4.42. The normalized spacial score (nSPS) is 23.6. The maximum absolute atomic E-state index is 11.9. The molecule has 1 amide bonds. The number of rotatable bonds is 3. The third-order valence-corrected chi connectivity index (χ3v) is 3.33. The molecule has 17 heavy (non-hydrogen) atoms. The predicted molar refractivity (Wildman–Crippen MR) is 67.5 cm³/mol. The van der Waals surface area contributed by atoms with Crippen LogP contribution in [0.25, 0.3) is 0 Å². The van der Waals surface area contributed by atoms with Gasteiger partial charge in [0.25, 0.3) is 5.91 Å². The molecule has 92 valence electrons. The van der Waals surface area contributed by atoms with Crippen molar-refractivity contribution < 1.29 is 9.53 Å². The zero-order valence-electron chi connectivity index (χ0n) is 9.23. The molecule has 0 radical (unpaired) electrons. The minimum Gasteiger partial charge on any atom is -0.364 e. The number of hydrogen-bond acceptors (Lipinski definition) is 4. The molecule has 0 bridgehead atoms. The number of nitrogens with one attached hydrogen (secondary N) is 1. The number of carbonyl (C=O) groups is 1. The van der Waals surface area contributed by atoms with Gasteiger partial charge in [0, 0.05) is 18.9 Å². The van der Waals surface area contributed by atoms with E-state index in [-0.39, 0.29) is 12.0 Å². The van der Waals surface area contributed by atoms with E-state index >= 15 is 0 Å². The number of ether oxygens (including phenoxy) is 1. The molecular weight excluding hydrogens is 286 g/mol. The summed E-state index contributed by atoms with van der Waals surface area (Å²) in [5.74, 6) is -0.132. The second-order valence-electron chi connectivity index (χ2n) is 3.90. The quantitative estimate of drug-likeness (QED) is 0.882. The fourth-order valence-electron chi connectivity index (χ4n) is 1.76. The first kappa shape index (κ1) is 12.5. The summed E-state index contributed by atoms with van der Waals surface area (Å²) in [7, 11) is 0. The predicted octanol–water partition coefficient (Wildman–Crippen LogP) is 1.29. The van der Waals surface area contributed by atoms with Crippen LogP contribution in [0.15, 0.2) is 22.9 Å². The molecule has 6 heteroatoms. The van der Waals surface area contributed by atoms with Gasteiger partial charge in [-0.1, -0.05) is 0 Å². The van der Waals surface area contributed by atoms with Crippen molar-refractivity contribution in [1.82, 2.24) is 4.98 Å². The Labute approximate surface area is 108 Å². The molecule has 1 fully saturated rings. The van der Waals surface area contributed by atoms with Crippen LogP contribution < -0.4 is 11.1 Å². The van der Waals surface area contributed by atoms with Crippen LogP contribution >= 0.6 is 15.9 Å². The SMILES string of the molecule is NCC1CCC(C(=O)Nc2ccncc2Br)O1. The molecule has 1 aromatic rings. The number of halogens is 1. The lowest BCUT2D eigenvalue weighted by Crippen LogP contribution is -2.29. The summed E-state index contributed by atoms with van der Waals surface area (Å²) in [6, 6.07) is 1.73. The largest absolute Gasteiger partial charge is 0.364 e. The summed E-state index contributed by atoms with van der Waals surface area (Å²) in [4.78, 5) is 15.8. The Morgan fingerprint density at radius 2 is 2.47 bits per heavy atom. The van der Waals surface area contributed by atoms with Crippen LogP contribution in [0.5, 0.6) is 0 Å². The second kappa shape index (κ2) is 5.57. The Morgan fingerprint density at radius 3 is 3.12 bits per heavy atom. The van der Waals surface area contributed by atoms with Gasteiger partial charge in [-0.05, 0) is 34.8 Å². The third-order valence-electron chi connectivity index (χ3n) is 2.69. The summed E-state index contributed by atoms with van der Waals surface area (Å²) < 4.78 is 6.27. The Balaban J connectivity index is 1.96. The molecule has 2 heterocycles. The Bertz CT molecular complexity index is 413. The summed E-state index contributed by atoms with van der Waals surface area (Å²) in [5.41, 5.74) is 6.20. The van der Waals surface area contributed by atoms with Crippen LogP contribution in [0.1, 0.15) is 12.8 Å². The standard InChI is InChI=1S/C11H14BrN3O2/c12-8-6-14-4-3-9(8)15-11(16)10-2-1-7(5-13)17-10/h3-4,6-7,10H,1-2,5,13H2,(H,14,15,16). The van der Waals surface area contributed by atoms with E-state index in [4.69, 9.17) is 10.5 Å². The van der Waals surface area contributed by atoms with Gasteiger partial charge in [-0.15, -0.1) is 0 Å². The van der Waals surface area contributed by atoms with E-state index in [1.807, 2.05) is 0 Å². The topological polar surface area (TPSA) is 77.2 Å². The zero-order valence-corrected chi connectivity index (χ0v) is 10.8. The minimum absolute atomic E-state index is 0.00614. The first-order valence-corrected chi connectivity index (χ1v) is 6.26. The molecule has 0 spiro atoms. The van der Waals surface area contributed by atoms with Crippen molar-refractivity contribution in [3.05, 3.63) is 22.9 Å². The van der Waals surface area contributed by atoms with Crippen molar-refractivity contribution in [2.75, 3.05) is 11.9 Å². The molecule has 5 nitrogen and oxygen atoms in total. The van der Waals surface area contributed by atoms with Crippen LogP contribution in [0.2, 0.25) is 0 Å². The van der Waals surface area contributed by atoms with Gasteiger partial charge in [0.15, 0.2) is 0 Å². The van der Waals surface area contributed by atoms with E-state index in [1.54, 1.807) is 18.5 Å². The Kier molecular flexibility index (Phi) is 4.09. The zero-order chi connectivity index (χ0) is 12.3. The van der Waals surface area contributed by atoms with Crippen molar-refractivity contribution in [2.24, 2.45) is 5.73 Å². The van der Waals surface area contributed by atoms with Gasteiger partial charge in [-0.2, -0.15) is 0 Å². The molecule has 1 saturated heterocycles. The maximum Gasteiger partial charge on any atom is 0.253 e. The van der Waals surface area contributed by atoms with Crippen LogP contribution in [0.3, 0.4) is 0 Å². The number of anilines is 1. The van der Waals surface area contributed by atoms with Crippen molar-refractivity contribution in [3.8, 4) is 0 Å². The first-order chi connectivity index (χ1) is 8.20. The lowest BCUT2D eigenvalue weighted by atomic mass is 10.2. The molecule has 1 aliphatic heterocycles. The van der Waals surface area contributed by atoms with E-state index in [1.165, 1.54) is 0 Å². The van der Waals surface area contributed by atoms with Gasteiger partial charge in [-0.3, -0.25) is 9.78 Å². The molecule has 0 aliphatic carbocycles. The highest BCUT2D eigenvalue weighted by Crippen LogP contribution is 2.23. The highest BCUT2D eigenvalue weighted by Gasteiger charge is 2.29. The number of pyridine rings is 1. The van der Waals surface area contributed by atoms with Crippen molar-refractivity contribution >= 4 is 27.5 Å². The lowest BCUT2D eigenvalue weighted by molar-refractivity contribution is -0.126. The number of amides is 1. The van der Waals surface area contributed by atoms with Gasteiger partial charge in [0.2, 0.25) is 0 Å². The van der Waals surface area contributed by atoms with Gasteiger partial charge in [0.1, 0.15) is 6.10 Å². The van der Waals surface area contributed by atoms with Gasteiger partial charge >= 0.3 is 0 Å². The van der Waals surface area contributed by atoms with Crippen LogP contribution in [-0.4, -0.2) is 29.6 Å². The molecule has 3 N–H and O–H groups in total. The Hall–Kier alpha value is -0.980. The second-order valence-corrected chi connectivity index (χ2v) is 4.76. The summed E-state index contributed by atoms with van der Waals surface area (Å²) in [6.45, 7) is 0.461. The van der Waals surface area contributed by atoms with Crippen LogP contribution in [0.4, 0.5) is 5.69 Å². The molecule has 0 aromatic carbocycles. The summed E-state index contributed by atoms with van der Waals surface area (Å²) in [5, 5.41) is 2.81. The van der Waals surface area contributed by atoms with Gasteiger partial charge in [0.05, 0.1) is 16.3 Å². The fourth-order valence-corrected chi connectivity index (χ4v) is 2.11. The molecular formula is C11H14BrN3O2. The van der Waals surface area contributed by atoms with E-state index in [2.05, 4.69) is 26.2 Å². The van der Waals surface area contributed by atoms with Crippen molar-refractivity contribution in [3.63, 3.8) is 0 Å². The van der Waals surface area contributed by atoms with E-state index in [9.17, 15) is 4.79 Å². The molecule has 1 aromatic heterocycles. The first-order valence-electron chi connectivity index (χ1n) is 5.46. The molecule has 0 saturated carbocycles. The van der Waals surface area contributed by atoms with Crippen molar-refractivity contribution in [1.29, 1.82) is 0 Å². The fraction of sp³-hybridized carbons (Fsp3) is 0.455. The number of hydrogen-bond donors (Lipinski definition) is 2. The smallest absolute Gasteiger partial charge is 0.253 e. The number of nitrogens with zero attached hydrogens (tertiary/aromatic N) is 1. The molecule has 2 atom stereocenters. The Morgan fingerprint density at radius 1 is 1.65 bits per heavy atom. The lowest BCUT2D eigenvalue weighted by Gasteiger charge is -2.13. The van der Waals surface area contributed by atoms with Crippen LogP contribution in [0, 0.1) is 0 Å². The highest BCUT2D eigenvalue weighted by atomic mass is 79.9. The number of carbonyl (C=O) groups excluding carboxylic acids is 1. The third kappa shape index (κ3) is 3.02. The van der Waals surface area contributed by atoms with E-state index in [0.717, 1.165) is 17.3 Å². The summed E-state index contributed by atoms with van der Waals surface area (Å²) >= 11 is 3.32. The maximum atomic E-state index is 11.9.